The molecule has 0 bridgehead atoms. The van der Waals surface area contributed by atoms with Gasteiger partial charge in [0.05, 0.1) is 13.5 Å². The van der Waals surface area contributed by atoms with Gasteiger partial charge in [-0.25, -0.2) is 0 Å². The Bertz CT molecular complexity index is 397. The van der Waals surface area contributed by atoms with Gasteiger partial charge in [0, 0.05) is 22.1 Å². The van der Waals surface area contributed by atoms with E-state index in [2.05, 4.69) is 11.7 Å². The van der Waals surface area contributed by atoms with Crippen LogP contribution in [0, 0.1) is 0 Å². The van der Waals surface area contributed by atoms with Crippen molar-refractivity contribution in [2.75, 3.05) is 12.9 Å². The molecule has 2 unspecified atom stereocenters. The highest BCUT2D eigenvalue weighted by Crippen LogP contribution is 2.33. The van der Waals surface area contributed by atoms with Gasteiger partial charge in [-0.15, -0.1) is 0 Å². The van der Waals surface area contributed by atoms with Crippen LogP contribution in [0.3, 0.4) is 0 Å². The van der Waals surface area contributed by atoms with Crippen LogP contribution in [0.15, 0.2) is 24.3 Å². The molecule has 0 spiro atoms. The third kappa shape index (κ3) is 5.43. The van der Waals surface area contributed by atoms with Crippen molar-refractivity contribution < 1.29 is 9.53 Å². The number of halogens is 1. The van der Waals surface area contributed by atoms with Gasteiger partial charge in [0.15, 0.2) is 0 Å². The van der Waals surface area contributed by atoms with E-state index < -0.39 is 0 Å². The molecule has 1 aromatic rings. The van der Waals surface area contributed by atoms with Crippen molar-refractivity contribution in [1.82, 2.24) is 0 Å². The number of hydrogen-bond donors (Lipinski definition) is 1. The highest BCUT2D eigenvalue weighted by molar-refractivity contribution is 7.99. The van der Waals surface area contributed by atoms with E-state index in [1.807, 2.05) is 24.3 Å². The van der Waals surface area contributed by atoms with Crippen molar-refractivity contribution in [2.24, 2.45) is 5.73 Å². The lowest BCUT2D eigenvalue weighted by molar-refractivity contribution is -0.140. The predicted molar refractivity (Wildman–Crippen MR) is 81.6 cm³/mol. The summed E-state index contributed by atoms with van der Waals surface area (Å²) in [5, 5.41) is 0.888. The summed E-state index contributed by atoms with van der Waals surface area (Å²) in [4.78, 5) is 11.1. The summed E-state index contributed by atoms with van der Waals surface area (Å²) in [6, 6.07) is 7.78. The molecule has 0 aliphatic carbocycles. The van der Waals surface area contributed by atoms with Gasteiger partial charge >= 0.3 is 5.97 Å². The summed E-state index contributed by atoms with van der Waals surface area (Å²) in [5.74, 6) is 0.514. The van der Waals surface area contributed by atoms with Crippen LogP contribution in [0.25, 0.3) is 0 Å². The molecule has 2 N–H and O–H groups in total. The Balaban J connectivity index is 2.67. The SMILES string of the molecule is CCC(N)C(SCCC(=O)OC)c1ccc(Cl)cc1. The number of benzene rings is 1. The standard InChI is InChI=1S/C14H20ClNO2S/c1-3-12(16)14(19-9-8-13(17)18-2)10-4-6-11(15)7-5-10/h4-7,12,14H,3,8-9,16H2,1-2H3. The molecule has 0 aliphatic rings. The fourth-order valence-electron chi connectivity index (χ4n) is 1.70. The van der Waals surface area contributed by atoms with Gasteiger partial charge in [-0.3, -0.25) is 4.79 Å². The smallest absolute Gasteiger partial charge is 0.306 e. The van der Waals surface area contributed by atoms with E-state index in [1.165, 1.54) is 7.11 Å². The van der Waals surface area contributed by atoms with Crippen molar-refractivity contribution in [3.05, 3.63) is 34.9 Å². The summed E-state index contributed by atoms with van der Waals surface area (Å²) in [7, 11) is 1.40. The molecule has 0 aliphatic heterocycles. The van der Waals surface area contributed by atoms with E-state index >= 15 is 0 Å². The van der Waals surface area contributed by atoms with Crippen LogP contribution in [0.4, 0.5) is 0 Å². The molecule has 2 atom stereocenters. The molecular formula is C14H20ClNO2S. The molecule has 19 heavy (non-hydrogen) atoms. The Morgan fingerprint density at radius 1 is 1.42 bits per heavy atom. The van der Waals surface area contributed by atoms with Gasteiger partial charge in [0.2, 0.25) is 0 Å². The van der Waals surface area contributed by atoms with Crippen LogP contribution in [-0.4, -0.2) is 24.9 Å². The maximum atomic E-state index is 11.1. The van der Waals surface area contributed by atoms with Crippen molar-refractivity contribution >= 4 is 29.3 Å². The average Bonchev–Trinajstić information content (AvgIpc) is 2.43. The third-order valence-corrected chi connectivity index (χ3v) is 4.56. The molecule has 0 radical (unpaired) electrons. The van der Waals surface area contributed by atoms with Crippen LogP contribution < -0.4 is 5.73 Å². The largest absolute Gasteiger partial charge is 0.469 e. The quantitative estimate of drug-likeness (QED) is 0.784. The highest BCUT2D eigenvalue weighted by Gasteiger charge is 2.19. The zero-order valence-corrected chi connectivity index (χ0v) is 12.8. The van der Waals surface area contributed by atoms with Crippen LogP contribution in [-0.2, 0) is 9.53 Å². The Morgan fingerprint density at radius 2 is 2.05 bits per heavy atom. The molecule has 0 aromatic heterocycles. The summed E-state index contributed by atoms with van der Waals surface area (Å²) in [5.41, 5.74) is 7.31. The number of carbonyl (C=O) groups is 1. The molecule has 0 saturated heterocycles. The fourth-order valence-corrected chi connectivity index (χ4v) is 3.16. The Kier molecular flexibility index (Phi) is 7.28. The second-order valence-electron chi connectivity index (χ2n) is 4.24. The maximum absolute atomic E-state index is 11.1. The second kappa shape index (κ2) is 8.46. The van der Waals surface area contributed by atoms with Crippen molar-refractivity contribution in [1.29, 1.82) is 0 Å². The Labute approximate surface area is 123 Å². The molecule has 1 aromatic carbocycles. The summed E-state index contributed by atoms with van der Waals surface area (Å²) in [6.45, 7) is 2.06. The van der Waals surface area contributed by atoms with E-state index in [4.69, 9.17) is 17.3 Å². The van der Waals surface area contributed by atoms with Crippen LogP contribution in [0.5, 0.6) is 0 Å². The van der Waals surface area contributed by atoms with Crippen molar-refractivity contribution in [2.45, 2.75) is 31.1 Å². The van der Waals surface area contributed by atoms with Crippen LogP contribution in [0.1, 0.15) is 30.6 Å². The Hall–Kier alpha value is -0.710. The van der Waals surface area contributed by atoms with E-state index in [0.29, 0.717) is 17.2 Å². The van der Waals surface area contributed by atoms with Gasteiger partial charge in [0.1, 0.15) is 0 Å². The number of nitrogens with two attached hydrogens (primary N) is 1. The van der Waals surface area contributed by atoms with Gasteiger partial charge in [-0.1, -0.05) is 30.7 Å². The monoisotopic (exact) mass is 301 g/mol. The lowest BCUT2D eigenvalue weighted by Gasteiger charge is -2.23. The van der Waals surface area contributed by atoms with Gasteiger partial charge in [-0.05, 0) is 24.1 Å². The zero-order valence-electron chi connectivity index (χ0n) is 11.3. The number of hydrogen-bond acceptors (Lipinski definition) is 4. The Morgan fingerprint density at radius 3 is 2.58 bits per heavy atom. The first kappa shape index (κ1) is 16.3. The van der Waals surface area contributed by atoms with Gasteiger partial charge in [-0.2, -0.15) is 11.8 Å². The molecule has 0 heterocycles. The maximum Gasteiger partial charge on any atom is 0.306 e. The molecule has 5 heteroatoms. The second-order valence-corrected chi connectivity index (χ2v) is 5.93. The van der Waals surface area contributed by atoms with E-state index in [1.54, 1.807) is 11.8 Å². The third-order valence-electron chi connectivity index (χ3n) is 2.89. The van der Waals surface area contributed by atoms with Gasteiger partial charge < -0.3 is 10.5 Å². The van der Waals surface area contributed by atoms with E-state index in [9.17, 15) is 4.79 Å². The van der Waals surface area contributed by atoms with Crippen molar-refractivity contribution in [3.8, 4) is 0 Å². The van der Waals surface area contributed by atoms with Crippen LogP contribution >= 0.6 is 23.4 Å². The number of ether oxygens (including phenoxy) is 1. The first-order valence-corrected chi connectivity index (χ1v) is 7.70. The lowest BCUT2D eigenvalue weighted by Crippen LogP contribution is -2.26. The molecule has 106 valence electrons. The minimum Gasteiger partial charge on any atom is -0.469 e. The zero-order chi connectivity index (χ0) is 14.3. The predicted octanol–water partition coefficient (Wildman–Crippen LogP) is 3.41. The van der Waals surface area contributed by atoms with E-state index in [0.717, 1.165) is 12.0 Å². The summed E-state index contributed by atoms with van der Waals surface area (Å²) >= 11 is 7.58. The first-order valence-electron chi connectivity index (χ1n) is 6.28. The van der Waals surface area contributed by atoms with Gasteiger partial charge in [0.25, 0.3) is 0 Å². The van der Waals surface area contributed by atoms with Crippen molar-refractivity contribution in [3.63, 3.8) is 0 Å². The summed E-state index contributed by atoms with van der Waals surface area (Å²) in [6.07, 6.45) is 1.29. The lowest BCUT2D eigenvalue weighted by atomic mass is 10.0. The molecular weight excluding hydrogens is 282 g/mol. The average molecular weight is 302 g/mol. The summed E-state index contributed by atoms with van der Waals surface area (Å²) < 4.78 is 4.64. The number of thioether (sulfide) groups is 1. The topological polar surface area (TPSA) is 52.3 Å². The fraction of sp³-hybridized carbons (Fsp3) is 0.500. The molecule has 3 nitrogen and oxygen atoms in total. The molecule has 0 saturated carbocycles. The minimum absolute atomic E-state index is 0.0591. The highest BCUT2D eigenvalue weighted by atomic mass is 35.5. The number of carbonyl (C=O) groups excluding carboxylic acids is 1. The molecule has 0 fully saturated rings. The molecule has 0 amide bonds. The molecule has 1 rings (SSSR count). The van der Waals surface area contributed by atoms with Crippen LogP contribution in [0.2, 0.25) is 5.02 Å². The normalized spacial score (nSPS) is 13.9. The minimum atomic E-state index is -0.188. The number of methoxy groups -OCH3 is 1. The first-order chi connectivity index (χ1) is 9.08. The number of esters is 1. The van der Waals surface area contributed by atoms with E-state index in [-0.39, 0.29) is 17.3 Å². The number of rotatable bonds is 7.